The number of amides is 1. The SMILES string of the molecule is O=C(N/N=C1/CCCc2ccccc21)c1cc2ccccc2cc1O. The molecule has 25 heavy (non-hydrogen) atoms. The topological polar surface area (TPSA) is 61.7 Å². The van der Waals surface area contributed by atoms with E-state index >= 15 is 0 Å². The molecule has 1 aliphatic carbocycles. The summed E-state index contributed by atoms with van der Waals surface area (Å²) in [6.07, 6.45) is 2.89. The van der Waals surface area contributed by atoms with Crippen LogP contribution in [0.4, 0.5) is 0 Å². The monoisotopic (exact) mass is 330 g/mol. The van der Waals surface area contributed by atoms with E-state index in [1.807, 2.05) is 42.5 Å². The maximum absolute atomic E-state index is 12.5. The lowest BCUT2D eigenvalue weighted by molar-refractivity contribution is 0.0952. The van der Waals surface area contributed by atoms with Crippen LogP contribution in [0, 0.1) is 0 Å². The van der Waals surface area contributed by atoms with Crippen molar-refractivity contribution in [2.45, 2.75) is 19.3 Å². The minimum absolute atomic E-state index is 0.0413. The van der Waals surface area contributed by atoms with E-state index in [9.17, 15) is 9.90 Å². The molecular weight excluding hydrogens is 312 g/mol. The molecule has 0 fully saturated rings. The van der Waals surface area contributed by atoms with Gasteiger partial charge >= 0.3 is 0 Å². The molecule has 0 heterocycles. The summed E-state index contributed by atoms with van der Waals surface area (Å²) in [6, 6.07) is 19.0. The molecule has 0 radical (unpaired) electrons. The van der Waals surface area contributed by atoms with Crippen LogP contribution in [-0.4, -0.2) is 16.7 Å². The minimum Gasteiger partial charge on any atom is -0.507 e. The summed E-state index contributed by atoms with van der Waals surface area (Å²) in [5.41, 5.74) is 6.07. The average Bonchev–Trinajstić information content (AvgIpc) is 2.65. The van der Waals surface area contributed by atoms with Crippen molar-refractivity contribution >= 4 is 22.4 Å². The summed E-state index contributed by atoms with van der Waals surface area (Å²) in [7, 11) is 0. The number of hydrogen-bond donors (Lipinski definition) is 2. The molecule has 0 saturated carbocycles. The zero-order valence-corrected chi connectivity index (χ0v) is 13.7. The standard InChI is InChI=1S/C21H18N2O2/c24-20-13-16-8-2-1-7-15(16)12-18(20)21(25)23-22-19-11-5-9-14-6-3-4-10-17(14)19/h1-4,6-8,10,12-13,24H,5,9,11H2,(H,23,25)/b22-19-. The molecule has 1 amide bonds. The van der Waals surface area contributed by atoms with Gasteiger partial charge in [0.05, 0.1) is 11.3 Å². The predicted octanol–water partition coefficient (Wildman–Crippen LogP) is 4.02. The van der Waals surface area contributed by atoms with Crippen LogP contribution in [0.25, 0.3) is 10.8 Å². The van der Waals surface area contributed by atoms with E-state index in [2.05, 4.69) is 16.6 Å². The average molecular weight is 330 g/mol. The van der Waals surface area contributed by atoms with Crippen LogP contribution in [0.5, 0.6) is 5.75 Å². The van der Waals surface area contributed by atoms with E-state index in [1.54, 1.807) is 12.1 Å². The lowest BCUT2D eigenvalue weighted by atomic mass is 9.90. The van der Waals surface area contributed by atoms with Crippen molar-refractivity contribution in [1.29, 1.82) is 0 Å². The van der Waals surface area contributed by atoms with Gasteiger partial charge in [0.1, 0.15) is 5.75 Å². The fourth-order valence-electron chi connectivity index (χ4n) is 3.31. The third kappa shape index (κ3) is 2.98. The van der Waals surface area contributed by atoms with Crippen LogP contribution in [0.2, 0.25) is 0 Å². The smallest absolute Gasteiger partial charge is 0.275 e. The van der Waals surface area contributed by atoms with Crippen molar-refractivity contribution in [3.63, 3.8) is 0 Å². The molecule has 3 aromatic carbocycles. The Morgan fingerprint density at radius 2 is 1.68 bits per heavy atom. The van der Waals surface area contributed by atoms with Gasteiger partial charge in [-0.3, -0.25) is 4.79 Å². The molecule has 4 rings (SSSR count). The van der Waals surface area contributed by atoms with E-state index < -0.39 is 5.91 Å². The van der Waals surface area contributed by atoms with Crippen molar-refractivity contribution < 1.29 is 9.90 Å². The Morgan fingerprint density at radius 1 is 0.960 bits per heavy atom. The molecular formula is C21H18N2O2. The van der Waals surface area contributed by atoms with Crippen molar-refractivity contribution in [2.24, 2.45) is 5.10 Å². The molecule has 0 saturated heterocycles. The zero-order chi connectivity index (χ0) is 17.2. The molecule has 0 unspecified atom stereocenters. The minimum atomic E-state index is -0.404. The number of hydrogen-bond acceptors (Lipinski definition) is 3. The Morgan fingerprint density at radius 3 is 2.52 bits per heavy atom. The molecule has 0 atom stereocenters. The van der Waals surface area contributed by atoms with Gasteiger partial charge in [-0.2, -0.15) is 5.10 Å². The van der Waals surface area contributed by atoms with Crippen LogP contribution in [0.3, 0.4) is 0 Å². The number of phenols is 1. The highest BCUT2D eigenvalue weighted by Crippen LogP contribution is 2.25. The number of aryl methyl sites for hydroxylation is 1. The number of benzene rings is 3. The highest BCUT2D eigenvalue weighted by molar-refractivity contribution is 6.05. The highest BCUT2D eigenvalue weighted by atomic mass is 16.3. The van der Waals surface area contributed by atoms with Crippen LogP contribution >= 0.6 is 0 Å². The second-order valence-electron chi connectivity index (χ2n) is 6.23. The Labute approximate surface area is 145 Å². The maximum Gasteiger partial charge on any atom is 0.275 e. The number of carbonyl (C=O) groups excluding carboxylic acids is 1. The van der Waals surface area contributed by atoms with E-state index in [1.165, 1.54) is 5.56 Å². The van der Waals surface area contributed by atoms with Gasteiger partial charge < -0.3 is 5.11 Å². The molecule has 2 N–H and O–H groups in total. The number of phenolic OH excluding ortho intramolecular Hbond substituents is 1. The Bertz CT molecular complexity index is 992. The van der Waals surface area contributed by atoms with Gasteiger partial charge in [-0.05, 0) is 47.7 Å². The van der Waals surface area contributed by atoms with Crippen molar-refractivity contribution in [3.8, 4) is 5.75 Å². The van der Waals surface area contributed by atoms with Crippen molar-refractivity contribution in [2.75, 3.05) is 0 Å². The van der Waals surface area contributed by atoms with Gasteiger partial charge in [0, 0.05) is 5.56 Å². The lowest BCUT2D eigenvalue weighted by Gasteiger charge is -2.17. The van der Waals surface area contributed by atoms with Gasteiger partial charge in [-0.1, -0.05) is 48.5 Å². The number of fused-ring (bicyclic) bond motifs is 2. The van der Waals surface area contributed by atoms with Crippen molar-refractivity contribution in [3.05, 3.63) is 77.4 Å². The summed E-state index contributed by atoms with van der Waals surface area (Å²) in [4.78, 5) is 12.5. The van der Waals surface area contributed by atoms with Gasteiger partial charge in [0.25, 0.3) is 5.91 Å². The van der Waals surface area contributed by atoms with E-state index in [0.29, 0.717) is 0 Å². The molecule has 3 aromatic rings. The quantitative estimate of drug-likeness (QED) is 0.697. The van der Waals surface area contributed by atoms with Gasteiger partial charge in [0.15, 0.2) is 0 Å². The Kier molecular flexibility index (Phi) is 3.94. The Hall–Kier alpha value is -3.14. The van der Waals surface area contributed by atoms with Crippen molar-refractivity contribution in [1.82, 2.24) is 5.43 Å². The molecule has 4 nitrogen and oxygen atoms in total. The summed E-state index contributed by atoms with van der Waals surface area (Å²) in [5.74, 6) is -0.445. The maximum atomic E-state index is 12.5. The first-order valence-electron chi connectivity index (χ1n) is 8.39. The van der Waals surface area contributed by atoms with E-state index in [4.69, 9.17) is 0 Å². The second kappa shape index (κ2) is 6.40. The van der Waals surface area contributed by atoms with Crippen LogP contribution < -0.4 is 5.43 Å². The largest absolute Gasteiger partial charge is 0.507 e. The zero-order valence-electron chi connectivity index (χ0n) is 13.7. The lowest BCUT2D eigenvalue weighted by Crippen LogP contribution is -2.22. The number of nitrogens with zero attached hydrogens (tertiary/aromatic N) is 1. The van der Waals surface area contributed by atoms with Gasteiger partial charge in [-0.25, -0.2) is 5.43 Å². The number of aromatic hydroxyl groups is 1. The second-order valence-corrected chi connectivity index (χ2v) is 6.23. The molecule has 0 aliphatic heterocycles. The van der Waals surface area contributed by atoms with Crippen LogP contribution in [-0.2, 0) is 6.42 Å². The Balaban J connectivity index is 1.62. The third-order valence-corrected chi connectivity index (χ3v) is 4.59. The summed E-state index contributed by atoms with van der Waals surface area (Å²) < 4.78 is 0. The number of carbonyl (C=O) groups is 1. The molecule has 1 aliphatic rings. The first-order chi connectivity index (χ1) is 12.2. The predicted molar refractivity (Wildman–Crippen MR) is 99.0 cm³/mol. The fourth-order valence-corrected chi connectivity index (χ4v) is 3.31. The number of rotatable bonds is 2. The van der Waals surface area contributed by atoms with E-state index in [0.717, 1.165) is 41.3 Å². The third-order valence-electron chi connectivity index (χ3n) is 4.59. The highest BCUT2D eigenvalue weighted by Gasteiger charge is 2.16. The van der Waals surface area contributed by atoms with E-state index in [-0.39, 0.29) is 11.3 Å². The fraction of sp³-hybridized carbons (Fsp3) is 0.143. The molecule has 0 spiro atoms. The summed E-state index contributed by atoms with van der Waals surface area (Å²) >= 11 is 0. The van der Waals surface area contributed by atoms with Gasteiger partial charge in [0.2, 0.25) is 0 Å². The molecule has 0 aromatic heterocycles. The van der Waals surface area contributed by atoms with Crippen LogP contribution in [0.15, 0.2) is 65.8 Å². The van der Waals surface area contributed by atoms with Crippen LogP contribution in [0.1, 0.15) is 34.3 Å². The summed E-state index contributed by atoms with van der Waals surface area (Å²) in [5, 5.41) is 16.3. The normalized spacial score (nSPS) is 15.1. The summed E-state index contributed by atoms with van der Waals surface area (Å²) in [6.45, 7) is 0. The molecule has 124 valence electrons. The number of nitrogens with one attached hydrogen (secondary N) is 1. The molecule has 4 heteroatoms. The van der Waals surface area contributed by atoms with Gasteiger partial charge in [-0.15, -0.1) is 0 Å². The number of hydrazone groups is 1. The first-order valence-corrected chi connectivity index (χ1v) is 8.39. The molecule has 0 bridgehead atoms. The first kappa shape index (κ1) is 15.4.